The van der Waals surface area contributed by atoms with Crippen LogP contribution in [0, 0.1) is 0 Å². The van der Waals surface area contributed by atoms with Crippen LogP contribution in [-0.2, 0) is 14.3 Å². The predicted octanol–water partition coefficient (Wildman–Crippen LogP) is 22.8. The molecule has 0 bridgehead atoms. The van der Waals surface area contributed by atoms with E-state index in [9.17, 15) is 19.8 Å². The van der Waals surface area contributed by atoms with Crippen molar-refractivity contribution in [2.45, 2.75) is 418 Å². The number of esters is 1. The first-order valence-corrected chi connectivity index (χ1v) is 35.4. The molecular formula is C71H139NO5. The maximum absolute atomic E-state index is 12.5. The number of amides is 1. The molecule has 6 nitrogen and oxygen atoms in total. The summed E-state index contributed by atoms with van der Waals surface area (Å²) >= 11 is 0. The first-order valence-electron chi connectivity index (χ1n) is 35.4. The van der Waals surface area contributed by atoms with Gasteiger partial charge in [0.2, 0.25) is 5.91 Å². The lowest BCUT2D eigenvalue weighted by molar-refractivity contribution is -0.143. The number of hydrogen-bond acceptors (Lipinski definition) is 5. The summed E-state index contributed by atoms with van der Waals surface area (Å²) in [7, 11) is 0. The van der Waals surface area contributed by atoms with Crippen molar-refractivity contribution in [3.8, 4) is 0 Å². The van der Waals surface area contributed by atoms with Crippen molar-refractivity contribution in [2.75, 3.05) is 13.2 Å². The molecule has 0 spiro atoms. The number of hydrogen-bond donors (Lipinski definition) is 3. The highest BCUT2D eigenvalue weighted by molar-refractivity contribution is 5.76. The van der Waals surface area contributed by atoms with Gasteiger partial charge in [-0.15, -0.1) is 0 Å². The molecule has 0 rings (SSSR count). The van der Waals surface area contributed by atoms with Gasteiger partial charge in [0.15, 0.2) is 0 Å². The molecule has 1 amide bonds. The highest BCUT2D eigenvalue weighted by Crippen LogP contribution is 2.19. The lowest BCUT2D eigenvalue weighted by atomic mass is 10.0. The van der Waals surface area contributed by atoms with Gasteiger partial charge in [0.1, 0.15) is 0 Å². The van der Waals surface area contributed by atoms with Crippen molar-refractivity contribution in [3.05, 3.63) is 12.2 Å². The molecule has 0 radical (unpaired) electrons. The quantitative estimate of drug-likeness (QED) is 0.0320. The van der Waals surface area contributed by atoms with Crippen LogP contribution >= 0.6 is 0 Å². The van der Waals surface area contributed by atoms with Gasteiger partial charge in [-0.05, 0) is 51.4 Å². The maximum Gasteiger partial charge on any atom is 0.305 e. The number of aliphatic hydroxyl groups is 2. The summed E-state index contributed by atoms with van der Waals surface area (Å²) in [5.74, 6) is -0.0174. The highest BCUT2D eigenvalue weighted by atomic mass is 16.5. The zero-order valence-electron chi connectivity index (χ0n) is 52.5. The topological polar surface area (TPSA) is 95.9 Å². The Bertz CT molecular complexity index is 1160. The lowest BCUT2D eigenvalue weighted by Gasteiger charge is -2.22. The second-order valence-corrected chi connectivity index (χ2v) is 24.6. The third-order valence-electron chi connectivity index (χ3n) is 16.8. The smallest absolute Gasteiger partial charge is 0.305 e. The van der Waals surface area contributed by atoms with E-state index < -0.39 is 12.1 Å². The van der Waals surface area contributed by atoms with Crippen LogP contribution in [-0.4, -0.2) is 47.4 Å². The van der Waals surface area contributed by atoms with Gasteiger partial charge in [-0.2, -0.15) is 0 Å². The standard InChI is InChI=1S/C71H139NO5/c1-3-5-7-9-11-13-15-17-19-21-22-28-32-35-39-43-47-51-55-59-63-69(74)68(67-73)72-70(75)64-60-56-52-48-44-40-36-33-29-26-24-23-25-27-30-34-38-42-46-50-54-58-62-66-77-71(76)65-61-57-53-49-45-41-37-31-20-18-16-14-12-10-8-6-4-2/h18,20,68-69,73-74H,3-17,19,21-67H2,1-2H3,(H,72,75)/b20-18-. The molecule has 0 fully saturated rings. The van der Waals surface area contributed by atoms with Crippen molar-refractivity contribution in [1.82, 2.24) is 5.32 Å². The molecule has 0 aromatic rings. The maximum atomic E-state index is 12.5. The molecule has 0 saturated carbocycles. The molecule has 0 saturated heterocycles. The normalized spacial score (nSPS) is 12.5. The lowest BCUT2D eigenvalue weighted by Crippen LogP contribution is -2.45. The Balaban J connectivity index is 3.36. The molecule has 0 aromatic heterocycles. The molecule has 458 valence electrons. The third kappa shape index (κ3) is 63.6. The molecule has 0 aliphatic rings. The van der Waals surface area contributed by atoms with Gasteiger partial charge in [0, 0.05) is 12.8 Å². The van der Waals surface area contributed by atoms with E-state index in [0.717, 1.165) is 44.9 Å². The fourth-order valence-electron chi connectivity index (χ4n) is 11.4. The van der Waals surface area contributed by atoms with Gasteiger partial charge in [-0.1, -0.05) is 353 Å². The van der Waals surface area contributed by atoms with Crippen molar-refractivity contribution in [3.63, 3.8) is 0 Å². The SMILES string of the molecule is CCCCCCCC/C=C\CCCCCCCCCC(=O)OCCCCCCCCCCCCCCCCCCCCCCCCCC(=O)NC(CO)C(O)CCCCCCCCCCCCCCCCCCCCCC. The van der Waals surface area contributed by atoms with Gasteiger partial charge >= 0.3 is 5.97 Å². The minimum Gasteiger partial charge on any atom is -0.466 e. The minimum absolute atomic E-state index is 0.0124. The zero-order chi connectivity index (χ0) is 55.7. The second kappa shape index (κ2) is 67.1. The zero-order valence-corrected chi connectivity index (χ0v) is 52.5. The number of carbonyl (C=O) groups excluding carboxylic acids is 2. The number of aliphatic hydroxyl groups excluding tert-OH is 2. The largest absolute Gasteiger partial charge is 0.466 e. The Morgan fingerprint density at radius 1 is 0.351 bits per heavy atom. The van der Waals surface area contributed by atoms with E-state index in [-0.39, 0.29) is 18.5 Å². The minimum atomic E-state index is -0.664. The fourth-order valence-corrected chi connectivity index (χ4v) is 11.4. The van der Waals surface area contributed by atoms with Gasteiger partial charge in [0.05, 0.1) is 25.4 Å². The van der Waals surface area contributed by atoms with Crippen molar-refractivity contribution in [1.29, 1.82) is 0 Å². The number of rotatable bonds is 67. The molecule has 0 aromatic carbocycles. The van der Waals surface area contributed by atoms with Crippen molar-refractivity contribution < 1.29 is 24.5 Å². The highest BCUT2D eigenvalue weighted by Gasteiger charge is 2.20. The summed E-state index contributed by atoms with van der Waals surface area (Å²) in [6.07, 6.45) is 82.5. The van der Waals surface area contributed by atoms with Crippen LogP contribution in [0.15, 0.2) is 12.2 Å². The molecule has 0 aliphatic carbocycles. The van der Waals surface area contributed by atoms with Crippen LogP contribution < -0.4 is 5.32 Å². The molecular weight excluding hydrogens is 947 g/mol. The van der Waals surface area contributed by atoms with Gasteiger partial charge in [0.25, 0.3) is 0 Å². The van der Waals surface area contributed by atoms with Crippen LogP contribution in [0.4, 0.5) is 0 Å². The first-order chi connectivity index (χ1) is 38.0. The van der Waals surface area contributed by atoms with Gasteiger partial charge < -0.3 is 20.3 Å². The summed E-state index contributed by atoms with van der Waals surface area (Å²) in [6.45, 7) is 4.99. The summed E-state index contributed by atoms with van der Waals surface area (Å²) in [5, 5.41) is 23.4. The Morgan fingerprint density at radius 3 is 0.922 bits per heavy atom. The number of carbonyl (C=O) groups is 2. The molecule has 77 heavy (non-hydrogen) atoms. The van der Waals surface area contributed by atoms with E-state index in [1.165, 1.54) is 327 Å². The van der Waals surface area contributed by atoms with E-state index in [1.54, 1.807) is 0 Å². The monoisotopic (exact) mass is 1090 g/mol. The Hall–Kier alpha value is -1.40. The Kier molecular flexibility index (Phi) is 65.9. The van der Waals surface area contributed by atoms with Crippen LogP contribution in [0.2, 0.25) is 0 Å². The molecule has 3 N–H and O–H groups in total. The molecule has 2 atom stereocenters. The van der Waals surface area contributed by atoms with E-state index in [1.807, 2.05) is 0 Å². The van der Waals surface area contributed by atoms with E-state index in [2.05, 4.69) is 31.3 Å². The van der Waals surface area contributed by atoms with Crippen LogP contribution in [0.5, 0.6) is 0 Å². The predicted molar refractivity (Wildman–Crippen MR) is 338 cm³/mol. The average molecular weight is 1090 g/mol. The van der Waals surface area contributed by atoms with Gasteiger partial charge in [-0.3, -0.25) is 9.59 Å². The number of unbranched alkanes of at least 4 members (excludes halogenated alkanes) is 54. The number of allylic oxidation sites excluding steroid dienone is 2. The number of nitrogens with one attached hydrogen (secondary N) is 1. The molecule has 0 aliphatic heterocycles. The van der Waals surface area contributed by atoms with E-state index in [0.29, 0.717) is 25.9 Å². The fraction of sp³-hybridized carbons (Fsp3) is 0.944. The van der Waals surface area contributed by atoms with Crippen molar-refractivity contribution in [2.24, 2.45) is 0 Å². The number of ether oxygens (including phenoxy) is 1. The molecule has 2 unspecified atom stereocenters. The van der Waals surface area contributed by atoms with Crippen LogP contribution in [0.3, 0.4) is 0 Å². The van der Waals surface area contributed by atoms with Crippen molar-refractivity contribution >= 4 is 11.9 Å². The Morgan fingerprint density at radius 2 is 0.610 bits per heavy atom. The van der Waals surface area contributed by atoms with E-state index in [4.69, 9.17) is 4.74 Å². The van der Waals surface area contributed by atoms with Gasteiger partial charge in [-0.25, -0.2) is 0 Å². The summed E-state index contributed by atoms with van der Waals surface area (Å²) in [6, 6.07) is -0.541. The van der Waals surface area contributed by atoms with Crippen LogP contribution in [0.25, 0.3) is 0 Å². The second-order valence-electron chi connectivity index (χ2n) is 24.6. The molecule has 0 heterocycles. The van der Waals surface area contributed by atoms with Crippen LogP contribution in [0.1, 0.15) is 406 Å². The third-order valence-corrected chi connectivity index (χ3v) is 16.8. The summed E-state index contributed by atoms with van der Waals surface area (Å²) < 4.78 is 5.50. The Labute approximate surface area is 482 Å². The summed E-state index contributed by atoms with van der Waals surface area (Å²) in [4.78, 5) is 24.6. The average Bonchev–Trinajstić information content (AvgIpc) is 3.43. The summed E-state index contributed by atoms with van der Waals surface area (Å²) in [5.41, 5.74) is 0. The first kappa shape index (κ1) is 75.6. The van der Waals surface area contributed by atoms with E-state index >= 15 is 0 Å². The molecule has 6 heteroatoms.